The molecule has 3 aromatic rings. The molecule has 190 valence electrons. The zero-order chi connectivity index (χ0) is 25.7. The van der Waals surface area contributed by atoms with Gasteiger partial charge in [0.05, 0.1) is 29.9 Å². The third-order valence-electron chi connectivity index (χ3n) is 6.91. The minimum atomic E-state index is 0.489. The van der Waals surface area contributed by atoms with Gasteiger partial charge in [-0.05, 0) is 45.1 Å². The van der Waals surface area contributed by atoms with Crippen molar-refractivity contribution >= 4 is 34.8 Å². The van der Waals surface area contributed by atoms with Gasteiger partial charge in [-0.2, -0.15) is 0 Å². The Morgan fingerprint density at radius 1 is 1.03 bits per heavy atom. The van der Waals surface area contributed by atoms with E-state index in [1.54, 1.807) is 13.4 Å². The topological polar surface area (TPSA) is 101 Å². The first-order valence-electron chi connectivity index (χ1n) is 12.2. The zero-order valence-corrected chi connectivity index (χ0v) is 21.7. The van der Waals surface area contributed by atoms with Crippen LogP contribution < -0.4 is 25.6 Å². The number of aromatic nitrogens is 2. The lowest BCUT2D eigenvalue weighted by atomic mass is 10.0. The lowest BCUT2D eigenvalue weighted by Crippen LogP contribution is -2.42. The van der Waals surface area contributed by atoms with Crippen molar-refractivity contribution < 1.29 is 4.74 Å². The number of likely N-dealkylation sites (tertiary alicyclic amines) is 1. The highest BCUT2D eigenvalue weighted by Crippen LogP contribution is 2.39. The van der Waals surface area contributed by atoms with E-state index in [4.69, 9.17) is 10.1 Å². The Morgan fingerprint density at radius 3 is 2.44 bits per heavy atom. The summed E-state index contributed by atoms with van der Waals surface area (Å²) in [7, 11) is 9.82. The van der Waals surface area contributed by atoms with Crippen molar-refractivity contribution in [2.24, 2.45) is 0 Å². The molecule has 0 unspecified atom stereocenters. The average molecular weight is 489 g/mol. The van der Waals surface area contributed by atoms with Crippen molar-refractivity contribution in [2.45, 2.75) is 18.9 Å². The fraction of sp³-hybridized carbons (Fsp3) is 0.370. The van der Waals surface area contributed by atoms with E-state index in [1.165, 1.54) is 6.21 Å². The molecule has 1 fully saturated rings. The second-order valence-corrected chi connectivity index (χ2v) is 9.07. The summed E-state index contributed by atoms with van der Waals surface area (Å²) in [5.41, 5.74) is 6.38. The van der Waals surface area contributed by atoms with Crippen molar-refractivity contribution in [2.75, 3.05) is 69.2 Å². The van der Waals surface area contributed by atoms with Gasteiger partial charge in [-0.25, -0.2) is 9.97 Å². The third-order valence-corrected chi connectivity index (χ3v) is 6.91. The molecule has 0 saturated carbocycles. The van der Waals surface area contributed by atoms with Crippen LogP contribution in [0.5, 0.6) is 5.75 Å². The number of piperidine rings is 1. The summed E-state index contributed by atoms with van der Waals surface area (Å²) in [4.78, 5) is 13.7. The number of benzene rings is 2. The molecule has 4 rings (SSSR count). The van der Waals surface area contributed by atoms with Crippen LogP contribution >= 0.6 is 0 Å². The number of nitrogens with zero attached hydrogens (tertiary/aromatic N) is 4. The maximum atomic E-state index is 7.58. The molecule has 0 amide bonds. The van der Waals surface area contributed by atoms with Gasteiger partial charge < -0.3 is 35.9 Å². The lowest BCUT2D eigenvalue weighted by Gasteiger charge is -2.37. The van der Waals surface area contributed by atoms with Gasteiger partial charge in [-0.1, -0.05) is 12.1 Å². The zero-order valence-electron chi connectivity index (χ0n) is 21.7. The van der Waals surface area contributed by atoms with Gasteiger partial charge in [0.1, 0.15) is 17.9 Å². The summed E-state index contributed by atoms with van der Waals surface area (Å²) in [5, 5.41) is 17.5. The van der Waals surface area contributed by atoms with Gasteiger partial charge in [-0.15, -0.1) is 0 Å². The molecular weight excluding hydrogens is 452 g/mol. The second kappa shape index (κ2) is 11.3. The normalized spacial score (nSPS) is 14.2. The first-order chi connectivity index (χ1) is 17.5. The van der Waals surface area contributed by atoms with Crippen LogP contribution in [0.4, 0.5) is 28.6 Å². The van der Waals surface area contributed by atoms with Crippen LogP contribution in [0.2, 0.25) is 0 Å². The SMILES string of the molecule is CNc1cc(-c2cc(Nc3cc(NC)c(N(C)C4CCN(C)CC4)cc3OC)ncn2)ccc1C=N. The quantitative estimate of drug-likeness (QED) is 0.327. The largest absolute Gasteiger partial charge is 0.494 e. The van der Waals surface area contributed by atoms with E-state index >= 15 is 0 Å². The molecule has 0 atom stereocenters. The van der Waals surface area contributed by atoms with E-state index in [2.05, 4.69) is 61.9 Å². The first kappa shape index (κ1) is 25.2. The van der Waals surface area contributed by atoms with Gasteiger partial charge >= 0.3 is 0 Å². The van der Waals surface area contributed by atoms with Crippen LogP contribution in [0.3, 0.4) is 0 Å². The minimum Gasteiger partial charge on any atom is -0.494 e. The van der Waals surface area contributed by atoms with Gasteiger partial charge in [0.25, 0.3) is 0 Å². The fourth-order valence-electron chi connectivity index (χ4n) is 4.69. The van der Waals surface area contributed by atoms with E-state index in [-0.39, 0.29) is 0 Å². The number of methoxy groups -OCH3 is 1. The Kier molecular flexibility index (Phi) is 7.90. The molecule has 0 bridgehead atoms. The van der Waals surface area contributed by atoms with E-state index < -0.39 is 0 Å². The fourth-order valence-corrected chi connectivity index (χ4v) is 4.69. The van der Waals surface area contributed by atoms with E-state index in [9.17, 15) is 0 Å². The molecule has 2 heterocycles. The molecule has 0 spiro atoms. The molecule has 1 aromatic heterocycles. The number of hydrogen-bond donors (Lipinski definition) is 4. The molecule has 1 aliphatic heterocycles. The van der Waals surface area contributed by atoms with E-state index in [0.29, 0.717) is 11.9 Å². The maximum Gasteiger partial charge on any atom is 0.144 e. The standard InChI is InChI=1S/C27H36N8O/c1-29-21-12-18(6-7-19(21)16-28)22-14-27(32-17-31-22)33-24-13-23(30-2)25(15-26(24)36-5)35(4)20-8-10-34(3)11-9-20/h6-7,12-17,20,28-30H,8-11H2,1-5H3,(H,31,32,33). The highest BCUT2D eigenvalue weighted by molar-refractivity contribution is 5.88. The summed E-state index contributed by atoms with van der Waals surface area (Å²) < 4.78 is 5.78. The summed E-state index contributed by atoms with van der Waals surface area (Å²) in [6.45, 7) is 2.22. The predicted molar refractivity (Wildman–Crippen MR) is 150 cm³/mol. The Hall–Kier alpha value is -3.85. The molecule has 2 aromatic carbocycles. The smallest absolute Gasteiger partial charge is 0.144 e. The van der Waals surface area contributed by atoms with Crippen LogP contribution in [0.25, 0.3) is 11.3 Å². The van der Waals surface area contributed by atoms with Crippen molar-refractivity contribution in [1.82, 2.24) is 14.9 Å². The Balaban J connectivity index is 1.62. The van der Waals surface area contributed by atoms with E-state index in [1.807, 2.05) is 38.4 Å². The van der Waals surface area contributed by atoms with E-state index in [0.717, 1.165) is 71.3 Å². The number of anilines is 5. The molecule has 0 aliphatic carbocycles. The van der Waals surface area contributed by atoms with Crippen LogP contribution in [-0.2, 0) is 0 Å². The third kappa shape index (κ3) is 5.36. The number of nitrogens with one attached hydrogen (secondary N) is 4. The number of ether oxygens (including phenoxy) is 1. The summed E-state index contributed by atoms with van der Waals surface area (Å²) in [6, 6.07) is 12.4. The van der Waals surface area contributed by atoms with Crippen molar-refractivity contribution in [1.29, 1.82) is 5.41 Å². The van der Waals surface area contributed by atoms with Crippen LogP contribution in [0.15, 0.2) is 42.7 Å². The lowest BCUT2D eigenvalue weighted by molar-refractivity contribution is 0.253. The Bertz CT molecular complexity index is 1210. The highest BCUT2D eigenvalue weighted by atomic mass is 16.5. The van der Waals surface area contributed by atoms with Crippen LogP contribution in [-0.4, -0.2) is 75.5 Å². The van der Waals surface area contributed by atoms with Gasteiger partial charge in [0.2, 0.25) is 0 Å². The molecule has 1 saturated heterocycles. The first-order valence-corrected chi connectivity index (χ1v) is 12.2. The minimum absolute atomic E-state index is 0.489. The van der Waals surface area contributed by atoms with Gasteiger partial charge in [-0.3, -0.25) is 0 Å². The number of hydrogen-bond acceptors (Lipinski definition) is 9. The van der Waals surface area contributed by atoms with Crippen LogP contribution in [0, 0.1) is 5.41 Å². The molecule has 0 radical (unpaired) electrons. The van der Waals surface area contributed by atoms with Crippen molar-refractivity contribution in [3.8, 4) is 17.0 Å². The monoisotopic (exact) mass is 488 g/mol. The second-order valence-electron chi connectivity index (χ2n) is 9.07. The Morgan fingerprint density at radius 2 is 1.78 bits per heavy atom. The summed E-state index contributed by atoms with van der Waals surface area (Å²) in [5.74, 6) is 1.41. The molecule has 1 aliphatic rings. The molecule has 9 heteroatoms. The molecule has 4 N–H and O–H groups in total. The molecule has 9 nitrogen and oxygen atoms in total. The summed E-state index contributed by atoms with van der Waals surface area (Å²) in [6.07, 6.45) is 5.16. The summed E-state index contributed by atoms with van der Waals surface area (Å²) >= 11 is 0. The van der Waals surface area contributed by atoms with Gasteiger partial charge in [0.15, 0.2) is 0 Å². The average Bonchev–Trinajstić information content (AvgIpc) is 2.92. The van der Waals surface area contributed by atoms with Crippen molar-refractivity contribution in [3.63, 3.8) is 0 Å². The molecular formula is C27H36N8O. The predicted octanol–water partition coefficient (Wildman–Crippen LogP) is 4.51. The highest BCUT2D eigenvalue weighted by Gasteiger charge is 2.23. The van der Waals surface area contributed by atoms with Crippen LogP contribution in [0.1, 0.15) is 18.4 Å². The maximum absolute atomic E-state index is 7.58. The van der Waals surface area contributed by atoms with Crippen molar-refractivity contribution in [3.05, 3.63) is 48.3 Å². The van der Waals surface area contributed by atoms with Gasteiger partial charge in [0, 0.05) is 62.3 Å². The number of rotatable bonds is 9. The molecule has 36 heavy (non-hydrogen) atoms. The Labute approximate surface area is 213 Å².